The quantitative estimate of drug-likeness (QED) is 0.794. The number of amides is 1. The summed E-state index contributed by atoms with van der Waals surface area (Å²) in [7, 11) is 0. The van der Waals surface area contributed by atoms with E-state index in [-0.39, 0.29) is 29.3 Å². The second-order valence-corrected chi connectivity index (χ2v) is 6.28. The summed E-state index contributed by atoms with van der Waals surface area (Å²) < 4.78 is 44.0. The lowest BCUT2D eigenvalue weighted by Gasteiger charge is -2.13. The molecule has 27 heavy (non-hydrogen) atoms. The smallest absolute Gasteiger partial charge is 0.408 e. The molecule has 0 saturated carbocycles. The van der Waals surface area contributed by atoms with Gasteiger partial charge in [-0.25, -0.2) is 4.79 Å². The number of rotatable bonds is 6. The van der Waals surface area contributed by atoms with E-state index in [1.54, 1.807) is 13.8 Å². The van der Waals surface area contributed by atoms with E-state index in [0.717, 1.165) is 4.68 Å². The Morgan fingerprint density at radius 3 is 2.48 bits per heavy atom. The van der Waals surface area contributed by atoms with Gasteiger partial charge in [-0.05, 0) is 33.8 Å². The van der Waals surface area contributed by atoms with Crippen LogP contribution in [0, 0.1) is 20.8 Å². The Morgan fingerprint density at radius 2 is 1.96 bits per heavy atom. The summed E-state index contributed by atoms with van der Waals surface area (Å²) in [5.41, 5.74) is 1.06. The molecular formula is C17H20F3N3O4. The second kappa shape index (κ2) is 7.45. The van der Waals surface area contributed by atoms with Crippen LogP contribution in [0.25, 0.3) is 0 Å². The molecule has 2 heterocycles. The number of carbonyl (C=O) groups is 2. The molecule has 1 unspecified atom stereocenters. The van der Waals surface area contributed by atoms with Crippen molar-refractivity contribution in [2.24, 2.45) is 0 Å². The first-order valence-corrected chi connectivity index (χ1v) is 8.11. The van der Waals surface area contributed by atoms with Crippen LogP contribution in [0.2, 0.25) is 0 Å². The van der Waals surface area contributed by atoms with Gasteiger partial charge in [-0.3, -0.25) is 9.48 Å². The number of nitrogens with zero attached hydrogens (tertiary/aromatic N) is 2. The van der Waals surface area contributed by atoms with E-state index in [1.807, 2.05) is 0 Å². The molecular weight excluding hydrogens is 367 g/mol. The van der Waals surface area contributed by atoms with Crippen LogP contribution < -0.4 is 5.32 Å². The van der Waals surface area contributed by atoms with Gasteiger partial charge in [-0.15, -0.1) is 0 Å². The van der Waals surface area contributed by atoms with Gasteiger partial charge in [0, 0.05) is 11.3 Å². The van der Waals surface area contributed by atoms with E-state index in [4.69, 9.17) is 9.52 Å². The molecule has 0 aromatic carbocycles. The minimum Gasteiger partial charge on any atom is -0.478 e. The van der Waals surface area contributed by atoms with Crippen molar-refractivity contribution >= 4 is 11.9 Å². The predicted octanol–water partition coefficient (Wildman–Crippen LogP) is 3.08. The van der Waals surface area contributed by atoms with Crippen LogP contribution in [0.15, 0.2) is 10.5 Å². The van der Waals surface area contributed by atoms with Crippen molar-refractivity contribution in [1.29, 1.82) is 0 Å². The monoisotopic (exact) mass is 387 g/mol. The van der Waals surface area contributed by atoms with Crippen molar-refractivity contribution in [1.82, 2.24) is 15.1 Å². The fourth-order valence-electron chi connectivity index (χ4n) is 2.96. The average molecular weight is 387 g/mol. The highest BCUT2D eigenvalue weighted by molar-refractivity contribution is 5.89. The number of aromatic nitrogens is 2. The van der Waals surface area contributed by atoms with Crippen LogP contribution in [0.4, 0.5) is 13.2 Å². The van der Waals surface area contributed by atoms with Crippen LogP contribution in [0.1, 0.15) is 51.7 Å². The molecule has 0 radical (unpaired) electrons. The second-order valence-electron chi connectivity index (χ2n) is 6.28. The number of carboxylic acid groups (broad SMARTS) is 1. The molecule has 0 aliphatic carbocycles. The summed E-state index contributed by atoms with van der Waals surface area (Å²) >= 11 is 0. The highest BCUT2D eigenvalue weighted by Gasteiger charge is 2.31. The lowest BCUT2D eigenvalue weighted by molar-refractivity contribution is -0.143. The van der Waals surface area contributed by atoms with E-state index in [0.29, 0.717) is 11.3 Å². The number of furan rings is 1. The zero-order chi connectivity index (χ0) is 20.5. The first kappa shape index (κ1) is 20.5. The van der Waals surface area contributed by atoms with E-state index in [2.05, 4.69) is 10.4 Å². The summed E-state index contributed by atoms with van der Waals surface area (Å²) in [6, 6.07) is 1.32. The van der Waals surface area contributed by atoms with Crippen LogP contribution in [0.3, 0.4) is 0 Å². The molecule has 1 amide bonds. The Morgan fingerprint density at radius 1 is 1.33 bits per heavy atom. The van der Waals surface area contributed by atoms with Crippen LogP contribution >= 0.6 is 0 Å². The Hall–Kier alpha value is -2.78. The van der Waals surface area contributed by atoms with Crippen molar-refractivity contribution in [2.45, 2.75) is 52.9 Å². The van der Waals surface area contributed by atoms with Gasteiger partial charge in [0.15, 0.2) is 0 Å². The molecule has 10 heteroatoms. The maximum atomic E-state index is 12.6. The number of aromatic carboxylic acids is 1. The van der Waals surface area contributed by atoms with E-state index >= 15 is 0 Å². The van der Waals surface area contributed by atoms with Crippen LogP contribution in [-0.2, 0) is 17.9 Å². The average Bonchev–Trinajstić information content (AvgIpc) is 3.03. The Labute approximate surface area is 153 Å². The molecule has 2 N–H and O–H groups in total. The maximum absolute atomic E-state index is 12.6. The lowest BCUT2D eigenvalue weighted by atomic mass is 9.98. The third-order valence-corrected chi connectivity index (χ3v) is 4.23. The van der Waals surface area contributed by atoms with E-state index in [1.165, 1.54) is 19.9 Å². The number of aryl methyl sites for hydroxylation is 2. The summed E-state index contributed by atoms with van der Waals surface area (Å²) in [4.78, 5) is 23.4. The molecule has 2 aromatic heterocycles. The number of halogens is 3. The molecule has 0 bridgehead atoms. The fourth-order valence-corrected chi connectivity index (χ4v) is 2.96. The van der Waals surface area contributed by atoms with E-state index in [9.17, 15) is 22.8 Å². The summed E-state index contributed by atoms with van der Waals surface area (Å²) in [6.45, 7) is 4.84. The summed E-state index contributed by atoms with van der Waals surface area (Å²) in [6.07, 6.45) is -4.41. The lowest BCUT2D eigenvalue weighted by Crippen LogP contribution is -2.28. The minimum atomic E-state index is -4.41. The normalized spacial score (nSPS) is 12.9. The van der Waals surface area contributed by atoms with Crippen LogP contribution in [-0.4, -0.2) is 32.9 Å². The molecule has 148 valence electrons. The number of hydrogen-bond donors (Lipinski definition) is 2. The Bertz CT molecular complexity index is 868. The van der Waals surface area contributed by atoms with Gasteiger partial charge in [-0.2, -0.15) is 18.3 Å². The molecule has 2 aromatic rings. The fraction of sp³-hybridized carbons (Fsp3) is 0.471. The summed E-state index contributed by atoms with van der Waals surface area (Å²) in [5.74, 6) is -1.81. The molecule has 0 fully saturated rings. The first-order valence-electron chi connectivity index (χ1n) is 8.11. The number of carbonyl (C=O) groups excluding carboxylic acids is 1. The SMILES string of the molecule is Cc1nn(CC(F)(F)F)c(C)c1C(C)C(=O)NCc1cc(C(=O)O)c(C)o1. The number of hydrogen-bond acceptors (Lipinski definition) is 4. The zero-order valence-electron chi connectivity index (χ0n) is 15.3. The molecule has 0 spiro atoms. The molecule has 0 aliphatic heterocycles. The highest BCUT2D eigenvalue weighted by Crippen LogP contribution is 2.26. The third kappa shape index (κ3) is 4.69. The maximum Gasteiger partial charge on any atom is 0.408 e. The van der Waals surface area contributed by atoms with Crippen molar-refractivity contribution in [3.05, 3.63) is 40.1 Å². The number of carboxylic acids is 1. The van der Waals surface area contributed by atoms with Gasteiger partial charge < -0.3 is 14.8 Å². The van der Waals surface area contributed by atoms with Crippen molar-refractivity contribution in [3.63, 3.8) is 0 Å². The summed E-state index contributed by atoms with van der Waals surface area (Å²) in [5, 5.41) is 15.5. The predicted molar refractivity (Wildman–Crippen MR) is 88.4 cm³/mol. The van der Waals surface area contributed by atoms with Crippen molar-refractivity contribution in [2.75, 3.05) is 0 Å². The van der Waals surface area contributed by atoms with Crippen molar-refractivity contribution < 1.29 is 32.3 Å². The topological polar surface area (TPSA) is 97.4 Å². The molecule has 0 saturated heterocycles. The van der Waals surface area contributed by atoms with Gasteiger partial charge in [0.1, 0.15) is 23.6 Å². The zero-order valence-corrected chi connectivity index (χ0v) is 15.3. The Balaban J connectivity index is 2.11. The largest absolute Gasteiger partial charge is 0.478 e. The molecule has 7 nitrogen and oxygen atoms in total. The Kier molecular flexibility index (Phi) is 5.67. The highest BCUT2D eigenvalue weighted by atomic mass is 19.4. The van der Waals surface area contributed by atoms with Crippen molar-refractivity contribution in [3.8, 4) is 0 Å². The number of alkyl halides is 3. The van der Waals surface area contributed by atoms with Gasteiger partial charge in [0.25, 0.3) is 0 Å². The van der Waals surface area contributed by atoms with Gasteiger partial charge >= 0.3 is 12.1 Å². The molecule has 0 aliphatic rings. The first-order chi connectivity index (χ1) is 12.4. The van der Waals surface area contributed by atoms with Gasteiger partial charge in [-0.1, -0.05) is 0 Å². The molecule has 2 rings (SSSR count). The molecule has 1 atom stereocenters. The minimum absolute atomic E-state index is 0.00686. The third-order valence-electron chi connectivity index (χ3n) is 4.23. The standard InChI is InChI=1S/C17H20F3N3O4/c1-8(14-9(2)22-23(10(14)3)7-17(18,19)20)15(24)21-6-12-5-13(16(25)26)11(4)27-12/h5,8H,6-7H2,1-4H3,(H,21,24)(H,25,26). The number of nitrogens with one attached hydrogen (secondary N) is 1. The van der Waals surface area contributed by atoms with Gasteiger partial charge in [0.05, 0.1) is 18.2 Å². The van der Waals surface area contributed by atoms with Gasteiger partial charge in [0.2, 0.25) is 5.91 Å². The van der Waals surface area contributed by atoms with E-state index < -0.39 is 30.5 Å². The van der Waals surface area contributed by atoms with Crippen LogP contribution in [0.5, 0.6) is 0 Å².